The molecule has 7 nitrogen and oxygen atoms in total. The molecule has 168 valence electrons. The summed E-state index contributed by atoms with van der Waals surface area (Å²) in [6.07, 6.45) is 1.73. The molecule has 3 rings (SSSR count). The molecular formula is C24H27ClN4O3. The Balaban J connectivity index is 1.70. The number of rotatable bonds is 8. The van der Waals surface area contributed by atoms with E-state index in [-0.39, 0.29) is 11.5 Å². The van der Waals surface area contributed by atoms with Crippen LogP contribution < -0.4 is 10.2 Å². The fourth-order valence-electron chi connectivity index (χ4n) is 3.72. The summed E-state index contributed by atoms with van der Waals surface area (Å²) >= 11 is 5.86. The minimum Gasteiger partial charge on any atom is -0.478 e. The first-order valence-electron chi connectivity index (χ1n) is 10.3. The normalized spacial score (nSPS) is 10.8. The van der Waals surface area contributed by atoms with Crippen LogP contribution in [0.1, 0.15) is 44.1 Å². The zero-order valence-electron chi connectivity index (χ0n) is 18.6. The Morgan fingerprint density at radius 2 is 1.84 bits per heavy atom. The van der Waals surface area contributed by atoms with Crippen molar-refractivity contribution in [2.75, 3.05) is 23.8 Å². The number of hydrogen-bond donors (Lipinski definition) is 2. The Labute approximate surface area is 192 Å². The molecule has 0 aliphatic rings. The third kappa shape index (κ3) is 5.29. The molecule has 0 atom stereocenters. The Morgan fingerprint density at radius 1 is 1.16 bits per heavy atom. The molecule has 3 aromatic rings. The number of halogens is 1. The number of hydrogen-bond acceptors (Lipinski definition) is 4. The molecule has 0 bridgehead atoms. The number of carbonyl (C=O) groups excluding carboxylic acids is 1. The summed E-state index contributed by atoms with van der Waals surface area (Å²) in [5.74, 6) is -1.38. The molecule has 0 saturated carbocycles. The lowest BCUT2D eigenvalue weighted by molar-refractivity contribution is 0.0697. The van der Waals surface area contributed by atoms with Crippen LogP contribution in [0, 0.1) is 13.8 Å². The Morgan fingerprint density at radius 3 is 2.44 bits per heavy atom. The third-order valence-electron chi connectivity index (χ3n) is 5.58. The van der Waals surface area contributed by atoms with Gasteiger partial charge in [0.05, 0.1) is 16.9 Å². The molecule has 0 radical (unpaired) electrons. The van der Waals surface area contributed by atoms with Crippen molar-refractivity contribution in [3.63, 3.8) is 0 Å². The van der Waals surface area contributed by atoms with Crippen molar-refractivity contribution in [1.82, 2.24) is 9.78 Å². The molecule has 32 heavy (non-hydrogen) atoms. The van der Waals surface area contributed by atoms with E-state index in [0.717, 1.165) is 24.2 Å². The number of aryl methyl sites for hydroxylation is 2. The van der Waals surface area contributed by atoms with Gasteiger partial charge in [-0.05, 0) is 74.7 Å². The number of carboxylic acid groups (broad SMARTS) is 1. The maximum absolute atomic E-state index is 12.4. The van der Waals surface area contributed by atoms with Crippen LogP contribution in [0.25, 0.3) is 0 Å². The van der Waals surface area contributed by atoms with E-state index in [2.05, 4.69) is 17.3 Å². The van der Waals surface area contributed by atoms with Crippen molar-refractivity contribution in [3.05, 3.63) is 75.6 Å². The number of anilines is 2. The van der Waals surface area contributed by atoms with Gasteiger partial charge in [0.1, 0.15) is 0 Å². The zero-order valence-corrected chi connectivity index (χ0v) is 19.4. The van der Waals surface area contributed by atoms with Gasteiger partial charge in [-0.1, -0.05) is 11.6 Å². The summed E-state index contributed by atoms with van der Waals surface area (Å²) in [5.41, 5.74) is 5.00. The van der Waals surface area contributed by atoms with Crippen LogP contribution in [0.4, 0.5) is 11.4 Å². The first kappa shape index (κ1) is 23.3. The molecule has 1 amide bonds. The van der Waals surface area contributed by atoms with Crippen molar-refractivity contribution in [3.8, 4) is 0 Å². The number of aromatic carboxylic acids is 1. The number of benzene rings is 2. The predicted octanol–water partition coefficient (Wildman–Crippen LogP) is 4.71. The van der Waals surface area contributed by atoms with Crippen molar-refractivity contribution in [2.45, 2.75) is 26.7 Å². The second-order valence-corrected chi connectivity index (χ2v) is 8.23. The van der Waals surface area contributed by atoms with Crippen molar-refractivity contribution in [2.24, 2.45) is 7.05 Å². The molecule has 1 aromatic heterocycles. The van der Waals surface area contributed by atoms with Gasteiger partial charge >= 0.3 is 5.97 Å². The topological polar surface area (TPSA) is 87.5 Å². The molecule has 0 saturated heterocycles. The lowest BCUT2D eigenvalue weighted by Crippen LogP contribution is -2.22. The van der Waals surface area contributed by atoms with Crippen molar-refractivity contribution in [1.29, 1.82) is 0 Å². The highest BCUT2D eigenvalue weighted by Crippen LogP contribution is 2.25. The van der Waals surface area contributed by atoms with Gasteiger partial charge in [0, 0.05) is 42.6 Å². The monoisotopic (exact) mass is 454 g/mol. The molecule has 2 aromatic carbocycles. The third-order valence-corrected chi connectivity index (χ3v) is 5.83. The van der Waals surface area contributed by atoms with E-state index in [1.54, 1.807) is 36.4 Å². The average molecular weight is 455 g/mol. The second kappa shape index (κ2) is 9.87. The number of carbonyl (C=O) groups is 2. The lowest BCUT2D eigenvalue weighted by Gasteiger charge is -2.22. The van der Waals surface area contributed by atoms with Gasteiger partial charge < -0.3 is 15.3 Å². The summed E-state index contributed by atoms with van der Waals surface area (Å²) in [6, 6.07) is 11.4. The van der Waals surface area contributed by atoms with Gasteiger partial charge in [-0.2, -0.15) is 5.10 Å². The smallest absolute Gasteiger partial charge is 0.337 e. The lowest BCUT2D eigenvalue weighted by atomic mass is 10.1. The van der Waals surface area contributed by atoms with E-state index in [9.17, 15) is 14.7 Å². The predicted molar refractivity (Wildman–Crippen MR) is 127 cm³/mol. The van der Waals surface area contributed by atoms with E-state index in [4.69, 9.17) is 11.6 Å². The minimum atomic E-state index is -1.05. The number of nitrogens with zero attached hydrogens (tertiary/aromatic N) is 3. The first-order chi connectivity index (χ1) is 15.2. The van der Waals surface area contributed by atoms with E-state index in [1.807, 2.05) is 30.6 Å². The molecule has 1 heterocycles. The second-order valence-electron chi connectivity index (χ2n) is 7.80. The molecule has 2 N–H and O–H groups in total. The van der Waals surface area contributed by atoms with Crippen LogP contribution >= 0.6 is 11.6 Å². The van der Waals surface area contributed by atoms with Gasteiger partial charge in [0.2, 0.25) is 0 Å². The quantitative estimate of drug-likeness (QED) is 0.514. The number of amides is 1. The zero-order chi connectivity index (χ0) is 23.4. The molecular weight excluding hydrogens is 428 g/mol. The van der Waals surface area contributed by atoms with Crippen LogP contribution in [0.5, 0.6) is 0 Å². The van der Waals surface area contributed by atoms with Crippen molar-refractivity contribution >= 4 is 34.9 Å². The number of aromatic nitrogens is 2. The van der Waals surface area contributed by atoms with E-state index in [1.165, 1.54) is 11.6 Å². The van der Waals surface area contributed by atoms with Gasteiger partial charge in [-0.15, -0.1) is 0 Å². The molecule has 0 spiro atoms. The van der Waals surface area contributed by atoms with E-state index in [0.29, 0.717) is 28.5 Å². The highest BCUT2D eigenvalue weighted by molar-refractivity contribution is 6.30. The first-order valence-corrected chi connectivity index (χ1v) is 10.7. The van der Waals surface area contributed by atoms with Gasteiger partial charge in [0.15, 0.2) is 0 Å². The van der Waals surface area contributed by atoms with Crippen molar-refractivity contribution < 1.29 is 14.7 Å². The molecule has 0 aliphatic heterocycles. The van der Waals surface area contributed by atoms with E-state index >= 15 is 0 Å². The maximum atomic E-state index is 12.4. The van der Waals surface area contributed by atoms with E-state index < -0.39 is 5.97 Å². The maximum Gasteiger partial charge on any atom is 0.337 e. The highest BCUT2D eigenvalue weighted by Gasteiger charge is 2.16. The summed E-state index contributed by atoms with van der Waals surface area (Å²) in [7, 11) is 3.81. The Kier molecular flexibility index (Phi) is 7.20. The average Bonchev–Trinajstić information content (AvgIpc) is 2.99. The van der Waals surface area contributed by atoms with Crippen LogP contribution in [0.15, 0.2) is 42.5 Å². The summed E-state index contributed by atoms with van der Waals surface area (Å²) in [4.78, 5) is 26.3. The summed E-state index contributed by atoms with van der Waals surface area (Å²) in [5, 5.41) is 17.5. The highest BCUT2D eigenvalue weighted by atomic mass is 35.5. The van der Waals surface area contributed by atoms with Gasteiger partial charge in [0.25, 0.3) is 5.91 Å². The number of carboxylic acids is 1. The van der Waals surface area contributed by atoms with Crippen LogP contribution in [-0.4, -0.2) is 40.4 Å². The Hall–Kier alpha value is -3.32. The Bertz CT molecular complexity index is 1140. The van der Waals surface area contributed by atoms with Gasteiger partial charge in [-0.25, -0.2) is 4.79 Å². The SMILES string of the molecule is Cc1nn(C)c(C)c1CCCN(C)c1ccc(NC(=O)c2ccc(Cl)cc2)cc1C(=O)O. The standard InChI is InChI=1S/C24H27ClN4O3/c1-15-20(16(2)29(4)27-15)6-5-13-28(3)22-12-11-19(14-21(22)24(31)32)26-23(30)17-7-9-18(25)10-8-17/h7-12,14H,5-6,13H2,1-4H3,(H,26,30)(H,31,32). The number of nitrogens with one attached hydrogen (secondary N) is 1. The van der Waals surface area contributed by atoms with Crippen LogP contribution in [-0.2, 0) is 13.5 Å². The van der Waals surface area contributed by atoms with Crippen LogP contribution in [0.3, 0.4) is 0 Å². The molecule has 0 unspecified atom stereocenters. The minimum absolute atomic E-state index is 0.134. The summed E-state index contributed by atoms with van der Waals surface area (Å²) in [6.45, 7) is 4.74. The largest absolute Gasteiger partial charge is 0.478 e. The molecule has 0 aliphatic carbocycles. The molecule has 0 fully saturated rings. The van der Waals surface area contributed by atoms with Gasteiger partial charge in [-0.3, -0.25) is 9.48 Å². The molecule has 8 heteroatoms. The fourth-order valence-corrected chi connectivity index (χ4v) is 3.84. The van der Waals surface area contributed by atoms with Crippen LogP contribution in [0.2, 0.25) is 5.02 Å². The fraction of sp³-hybridized carbons (Fsp3) is 0.292. The summed E-state index contributed by atoms with van der Waals surface area (Å²) < 4.78 is 1.88.